The van der Waals surface area contributed by atoms with Crippen LogP contribution in [0.25, 0.3) is 0 Å². The van der Waals surface area contributed by atoms with Crippen LogP contribution in [0, 0.1) is 0 Å². The number of benzene rings is 3. The Morgan fingerprint density at radius 2 is 1.59 bits per heavy atom. The normalized spacial score (nSPS) is 11.9. The monoisotopic (exact) mass is 525 g/mol. The van der Waals surface area contributed by atoms with Gasteiger partial charge in [-0.05, 0) is 86.8 Å². The van der Waals surface area contributed by atoms with E-state index in [0.717, 1.165) is 5.56 Å². The average molecular weight is 526 g/mol. The summed E-state index contributed by atoms with van der Waals surface area (Å²) in [6.45, 7) is 5.83. The predicted octanol–water partition coefficient (Wildman–Crippen LogP) is 6.43. The van der Waals surface area contributed by atoms with E-state index < -0.39 is 23.8 Å². The first-order chi connectivity index (χ1) is 17.5. The van der Waals surface area contributed by atoms with Crippen molar-refractivity contribution in [3.63, 3.8) is 0 Å². The number of carbonyl (C=O) groups excluding carboxylic acids is 2. The van der Waals surface area contributed by atoms with Crippen LogP contribution in [0.5, 0.6) is 11.5 Å². The molecule has 0 fully saturated rings. The molecule has 3 rings (SSSR count). The molecular weight excluding hydrogens is 494 g/mol. The molecular formula is C29H32ClNO6. The minimum Gasteiger partial charge on any atom is -0.465 e. The maximum absolute atomic E-state index is 12.9. The van der Waals surface area contributed by atoms with E-state index in [2.05, 4.69) is 0 Å². The van der Waals surface area contributed by atoms with Crippen LogP contribution in [0.1, 0.15) is 48.4 Å². The van der Waals surface area contributed by atoms with E-state index in [1.54, 1.807) is 69.3 Å². The summed E-state index contributed by atoms with van der Waals surface area (Å²) in [6.07, 6.45) is -0.855. The molecule has 0 saturated heterocycles. The highest BCUT2D eigenvalue weighted by atomic mass is 35.5. The number of hydrogen-bond acceptors (Lipinski definition) is 6. The number of carbonyl (C=O) groups is 2. The van der Waals surface area contributed by atoms with Gasteiger partial charge in [-0.1, -0.05) is 35.9 Å². The van der Waals surface area contributed by atoms with Crippen molar-refractivity contribution in [2.45, 2.75) is 38.9 Å². The molecule has 0 aliphatic heterocycles. The fourth-order valence-corrected chi connectivity index (χ4v) is 3.71. The molecule has 0 aliphatic rings. The van der Waals surface area contributed by atoms with Crippen molar-refractivity contribution >= 4 is 23.7 Å². The molecule has 8 heteroatoms. The van der Waals surface area contributed by atoms with Crippen molar-refractivity contribution in [1.82, 2.24) is 4.90 Å². The minimum atomic E-state index is -0.910. The van der Waals surface area contributed by atoms with Gasteiger partial charge in [-0.2, -0.15) is 0 Å². The SMILES string of the molecule is COC(=O)c1ccc(Oc2ccc(CCN(C[C@@H](O)c3cccc(Cl)c3)C(=O)OC(C)(C)C)cc2)cc1. The largest absolute Gasteiger partial charge is 0.465 e. The third-order valence-electron chi connectivity index (χ3n) is 5.38. The zero-order chi connectivity index (χ0) is 27.0. The molecule has 0 spiro atoms. The van der Waals surface area contributed by atoms with Crippen LogP contribution in [0.15, 0.2) is 72.8 Å². The highest BCUT2D eigenvalue weighted by Crippen LogP contribution is 2.24. The molecule has 0 aliphatic carbocycles. The number of hydrogen-bond donors (Lipinski definition) is 1. The van der Waals surface area contributed by atoms with Gasteiger partial charge in [0.05, 0.1) is 25.3 Å². The second-order valence-electron chi connectivity index (χ2n) is 9.51. The third-order valence-corrected chi connectivity index (χ3v) is 5.62. The maximum Gasteiger partial charge on any atom is 0.410 e. The second kappa shape index (κ2) is 12.6. The summed E-state index contributed by atoms with van der Waals surface area (Å²) >= 11 is 6.06. The predicted molar refractivity (Wildman–Crippen MR) is 142 cm³/mol. The summed E-state index contributed by atoms with van der Waals surface area (Å²) < 4.78 is 16.1. The van der Waals surface area contributed by atoms with E-state index in [0.29, 0.717) is 40.6 Å². The Morgan fingerprint density at radius 1 is 0.973 bits per heavy atom. The van der Waals surface area contributed by atoms with Gasteiger partial charge >= 0.3 is 12.1 Å². The van der Waals surface area contributed by atoms with E-state index in [4.69, 9.17) is 25.8 Å². The van der Waals surface area contributed by atoms with Gasteiger partial charge in [0.2, 0.25) is 0 Å². The number of esters is 1. The summed E-state index contributed by atoms with van der Waals surface area (Å²) in [4.78, 5) is 25.9. The first-order valence-electron chi connectivity index (χ1n) is 11.9. The Labute approximate surface area is 222 Å². The van der Waals surface area contributed by atoms with Crippen LogP contribution in [-0.4, -0.2) is 47.9 Å². The maximum atomic E-state index is 12.9. The van der Waals surface area contributed by atoms with Crippen LogP contribution < -0.4 is 4.74 Å². The van der Waals surface area contributed by atoms with Crippen molar-refractivity contribution < 1.29 is 28.9 Å². The van der Waals surface area contributed by atoms with E-state index in [-0.39, 0.29) is 6.54 Å². The standard InChI is InChI=1S/C29H32ClNO6/c1-29(2,3)37-28(34)31(19-26(32)22-6-5-7-23(30)18-22)17-16-20-8-12-24(13-9-20)36-25-14-10-21(11-15-25)27(33)35-4/h5-15,18,26,32H,16-17,19H2,1-4H3/t26-/m1/s1. The van der Waals surface area contributed by atoms with Gasteiger partial charge in [0, 0.05) is 11.6 Å². The lowest BCUT2D eigenvalue weighted by molar-refractivity contribution is 0.0147. The number of amides is 1. The molecule has 3 aromatic rings. The lowest BCUT2D eigenvalue weighted by atomic mass is 10.1. The van der Waals surface area contributed by atoms with Crippen molar-refractivity contribution in [3.05, 3.63) is 94.5 Å². The van der Waals surface area contributed by atoms with Crippen molar-refractivity contribution in [2.24, 2.45) is 0 Å². The number of aliphatic hydroxyl groups is 1. The van der Waals surface area contributed by atoms with E-state index >= 15 is 0 Å². The van der Waals surface area contributed by atoms with Crippen molar-refractivity contribution in [3.8, 4) is 11.5 Å². The first kappa shape index (κ1) is 28.0. The Kier molecular flexibility index (Phi) is 9.55. The molecule has 196 valence electrons. The van der Waals surface area contributed by atoms with E-state index in [1.807, 2.05) is 24.3 Å². The first-order valence-corrected chi connectivity index (χ1v) is 12.3. The molecule has 0 saturated carbocycles. The number of halogens is 1. The lowest BCUT2D eigenvalue weighted by Gasteiger charge is -2.29. The summed E-state index contributed by atoms with van der Waals surface area (Å²) in [5.41, 5.74) is 1.39. The number of methoxy groups -OCH3 is 1. The van der Waals surface area contributed by atoms with Crippen LogP contribution in [-0.2, 0) is 15.9 Å². The molecule has 0 aromatic heterocycles. The van der Waals surface area contributed by atoms with Crippen molar-refractivity contribution in [1.29, 1.82) is 0 Å². The Balaban J connectivity index is 1.64. The van der Waals surface area contributed by atoms with Gasteiger partial charge in [-0.3, -0.25) is 0 Å². The Morgan fingerprint density at radius 3 is 2.16 bits per heavy atom. The average Bonchev–Trinajstić information content (AvgIpc) is 2.86. The Hall–Kier alpha value is -3.55. The smallest absolute Gasteiger partial charge is 0.410 e. The molecule has 7 nitrogen and oxygen atoms in total. The third kappa shape index (κ3) is 8.81. The molecule has 1 N–H and O–H groups in total. The van der Waals surface area contributed by atoms with Gasteiger partial charge in [0.15, 0.2) is 0 Å². The van der Waals surface area contributed by atoms with Gasteiger partial charge in [0.25, 0.3) is 0 Å². The summed E-state index contributed by atoms with van der Waals surface area (Å²) in [5, 5.41) is 11.3. The zero-order valence-corrected chi connectivity index (χ0v) is 22.2. The molecule has 1 atom stereocenters. The minimum absolute atomic E-state index is 0.0675. The summed E-state index contributed by atoms with van der Waals surface area (Å²) in [7, 11) is 1.34. The molecule has 0 bridgehead atoms. The highest BCUT2D eigenvalue weighted by molar-refractivity contribution is 6.30. The van der Waals surface area contributed by atoms with Crippen LogP contribution in [0.3, 0.4) is 0 Å². The fraction of sp³-hybridized carbons (Fsp3) is 0.310. The molecule has 0 radical (unpaired) electrons. The van der Waals surface area contributed by atoms with E-state index in [1.165, 1.54) is 12.0 Å². The molecule has 1 amide bonds. The second-order valence-corrected chi connectivity index (χ2v) is 9.95. The van der Waals surface area contributed by atoms with Crippen LogP contribution in [0.4, 0.5) is 4.79 Å². The molecule has 0 heterocycles. The summed E-state index contributed by atoms with van der Waals surface area (Å²) in [5.74, 6) is 0.817. The molecule has 3 aromatic carbocycles. The number of nitrogens with zero attached hydrogens (tertiary/aromatic N) is 1. The van der Waals surface area contributed by atoms with E-state index in [9.17, 15) is 14.7 Å². The van der Waals surface area contributed by atoms with Gasteiger partial charge in [0.1, 0.15) is 17.1 Å². The topological polar surface area (TPSA) is 85.3 Å². The number of rotatable bonds is 9. The lowest BCUT2D eigenvalue weighted by Crippen LogP contribution is -2.40. The Bertz CT molecular complexity index is 1190. The quantitative estimate of drug-likeness (QED) is 0.324. The fourth-order valence-electron chi connectivity index (χ4n) is 3.51. The molecule has 37 heavy (non-hydrogen) atoms. The number of ether oxygens (including phenoxy) is 3. The zero-order valence-electron chi connectivity index (χ0n) is 21.4. The van der Waals surface area contributed by atoms with Gasteiger partial charge in [-0.25, -0.2) is 9.59 Å². The van der Waals surface area contributed by atoms with Gasteiger partial charge in [-0.15, -0.1) is 0 Å². The van der Waals surface area contributed by atoms with Crippen LogP contribution >= 0.6 is 11.6 Å². The highest BCUT2D eigenvalue weighted by Gasteiger charge is 2.24. The summed E-state index contributed by atoms with van der Waals surface area (Å²) in [6, 6.07) is 21.1. The van der Waals surface area contributed by atoms with Crippen LogP contribution in [0.2, 0.25) is 5.02 Å². The van der Waals surface area contributed by atoms with Gasteiger partial charge < -0.3 is 24.2 Å². The molecule has 0 unspecified atom stereocenters. The number of aliphatic hydroxyl groups excluding tert-OH is 1. The van der Waals surface area contributed by atoms with Crippen molar-refractivity contribution in [2.75, 3.05) is 20.2 Å².